The highest BCUT2D eigenvalue weighted by molar-refractivity contribution is 6.33. The molecule has 2 amide bonds. The fourth-order valence-electron chi connectivity index (χ4n) is 3.52. The summed E-state index contributed by atoms with van der Waals surface area (Å²) < 4.78 is 0. The van der Waals surface area contributed by atoms with E-state index in [2.05, 4.69) is 5.32 Å². The number of rotatable bonds is 6. The fourth-order valence-corrected chi connectivity index (χ4v) is 3.74. The molecule has 6 heteroatoms. The van der Waals surface area contributed by atoms with Gasteiger partial charge in [-0.05, 0) is 30.5 Å². The summed E-state index contributed by atoms with van der Waals surface area (Å²) in [5.41, 5.74) is 7.08. The van der Waals surface area contributed by atoms with E-state index in [0.29, 0.717) is 17.1 Å². The highest BCUT2D eigenvalue weighted by Gasteiger charge is 2.30. The Labute approximate surface area is 164 Å². The summed E-state index contributed by atoms with van der Waals surface area (Å²) in [6.45, 7) is 1.19. The monoisotopic (exact) mass is 385 g/mol. The Bertz CT molecular complexity index is 797. The molecule has 0 bridgehead atoms. The quantitative estimate of drug-likeness (QED) is 0.802. The molecule has 0 aromatic heterocycles. The molecular formula is C21H24ClN3O2. The third-order valence-electron chi connectivity index (χ3n) is 4.97. The van der Waals surface area contributed by atoms with Crippen molar-refractivity contribution in [3.8, 4) is 0 Å². The minimum Gasteiger partial charge on any atom is -0.345 e. The number of carbonyl (C=O) groups excluding carboxylic acids is 2. The maximum atomic E-state index is 12.9. The van der Waals surface area contributed by atoms with Gasteiger partial charge in [0.1, 0.15) is 0 Å². The molecule has 2 atom stereocenters. The Balaban J connectivity index is 1.79. The van der Waals surface area contributed by atoms with Gasteiger partial charge < -0.3 is 16.0 Å². The molecule has 3 N–H and O–H groups in total. The van der Waals surface area contributed by atoms with Crippen LogP contribution in [0.4, 0.5) is 0 Å². The first-order chi connectivity index (χ1) is 13.1. The largest absolute Gasteiger partial charge is 0.345 e. The van der Waals surface area contributed by atoms with Crippen LogP contribution in [0.2, 0.25) is 5.02 Å². The van der Waals surface area contributed by atoms with E-state index in [9.17, 15) is 9.59 Å². The van der Waals surface area contributed by atoms with Gasteiger partial charge >= 0.3 is 0 Å². The van der Waals surface area contributed by atoms with Crippen molar-refractivity contribution < 1.29 is 9.59 Å². The van der Waals surface area contributed by atoms with Crippen LogP contribution in [-0.4, -0.2) is 35.8 Å². The Morgan fingerprint density at radius 2 is 1.85 bits per heavy atom. The summed E-state index contributed by atoms with van der Waals surface area (Å²) in [5.74, 6) is -0.282. The fraction of sp³-hybridized carbons (Fsp3) is 0.333. The number of likely N-dealkylation sites (tertiary alicyclic amines) is 1. The van der Waals surface area contributed by atoms with E-state index in [1.54, 1.807) is 24.3 Å². The molecule has 142 valence electrons. The van der Waals surface area contributed by atoms with E-state index in [4.69, 9.17) is 17.3 Å². The lowest BCUT2D eigenvalue weighted by molar-refractivity contribution is -0.132. The summed E-state index contributed by atoms with van der Waals surface area (Å²) in [6.07, 6.45) is 2.09. The third-order valence-corrected chi connectivity index (χ3v) is 5.30. The van der Waals surface area contributed by atoms with Gasteiger partial charge in [0.2, 0.25) is 5.91 Å². The average Bonchev–Trinajstić information content (AvgIpc) is 3.17. The topological polar surface area (TPSA) is 75.4 Å². The molecule has 0 aliphatic carbocycles. The van der Waals surface area contributed by atoms with E-state index < -0.39 is 6.04 Å². The molecule has 1 aliphatic heterocycles. The lowest BCUT2D eigenvalue weighted by atomic mass is 10.0. The van der Waals surface area contributed by atoms with Crippen molar-refractivity contribution in [2.75, 3.05) is 13.1 Å². The second-order valence-corrected chi connectivity index (χ2v) is 7.15. The highest BCUT2D eigenvalue weighted by Crippen LogP contribution is 2.24. The van der Waals surface area contributed by atoms with Crippen LogP contribution in [0.15, 0.2) is 54.6 Å². The second-order valence-electron chi connectivity index (χ2n) is 6.74. The first-order valence-corrected chi connectivity index (χ1v) is 9.58. The predicted molar refractivity (Wildman–Crippen MR) is 107 cm³/mol. The number of hydrogen-bond donors (Lipinski definition) is 2. The standard InChI is InChI=1S/C21H24ClN3O2/c22-18-11-5-4-10-17(18)21(27)24-19(15-7-2-1-3-8-15)13-20(26)25-12-6-9-16(25)14-23/h1-5,7-8,10-11,16,19H,6,9,12-14,23H2,(H,24,27). The number of carbonyl (C=O) groups is 2. The van der Waals surface area contributed by atoms with Crippen LogP contribution >= 0.6 is 11.6 Å². The minimum absolute atomic E-state index is 0.0104. The zero-order chi connectivity index (χ0) is 19.2. The molecule has 1 fully saturated rings. The molecule has 0 saturated carbocycles. The summed E-state index contributed by atoms with van der Waals surface area (Å²) in [6, 6.07) is 16.1. The van der Waals surface area contributed by atoms with Crippen molar-refractivity contribution >= 4 is 23.4 Å². The number of nitrogens with zero attached hydrogens (tertiary/aromatic N) is 1. The van der Waals surface area contributed by atoms with Crippen LogP contribution < -0.4 is 11.1 Å². The Kier molecular flexibility index (Phi) is 6.48. The summed E-state index contributed by atoms with van der Waals surface area (Å²) in [5, 5.41) is 3.36. The van der Waals surface area contributed by atoms with Gasteiger partial charge in [-0.15, -0.1) is 0 Å². The van der Waals surface area contributed by atoms with Crippen molar-refractivity contribution in [1.29, 1.82) is 0 Å². The lowest BCUT2D eigenvalue weighted by Gasteiger charge is -2.27. The Hall–Kier alpha value is -2.37. The van der Waals surface area contributed by atoms with Gasteiger partial charge in [0.05, 0.1) is 23.0 Å². The van der Waals surface area contributed by atoms with E-state index in [0.717, 1.165) is 24.9 Å². The number of amides is 2. The van der Waals surface area contributed by atoms with Gasteiger partial charge in [0, 0.05) is 19.1 Å². The number of nitrogens with two attached hydrogens (primary N) is 1. The zero-order valence-electron chi connectivity index (χ0n) is 15.1. The molecule has 1 saturated heterocycles. The van der Waals surface area contributed by atoms with Crippen LogP contribution in [0.25, 0.3) is 0 Å². The van der Waals surface area contributed by atoms with Crippen LogP contribution in [0.5, 0.6) is 0 Å². The SMILES string of the molecule is NCC1CCCN1C(=O)CC(NC(=O)c1ccccc1Cl)c1ccccc1. The number of nitrogens with one attached hydrogen (secondary N) is 1. The molecule has 0 radical (unpaired) electrons. The molecular weight excluding hydrogens is 362 g/mol. The summed E-state index contributed by atoms with van der Waals surface area (Å²) >= 11 is 6.15. The van der Waals surface area contributed by atoms with Gasteiger partial charge in [0.25, 0.3) is 5.91 Å². The zero-order valence-corrected chi connectivity index (χ0v) is 15.9. The summed E-state index contributed by atoms with van der Waals surface area (Å²) in [4.78, 5) is 27.5. The first-order valence-electron chi connectivity index (χ1n) is 9.20. The Morgan fingerprint density at radius 3 is 2.56 bits per heavy atom. The molecule has 2 aromatic carbocycles. The van der Waals surface area contributed by atoms with Crippen molar-refractivity contribution in [1.82, 2.24) is 10.2 Å². The molecule has 27 heavy (non-hydrogen) atoms. The normalized spacial score (nSPS) is 17.6. The van der Waals surface area contributed by atoms with Crippen molar-refractivity contribution in [2.45, 2.75) is 31.3 Å². The van der Waals surface area contributed by atoms with Crippen molar-refractivity contribution in [3.63, 3.8) is 0 Å². The highest BCUT2D eigenvalue weighted by atomic mass is 35.5. The van der Waals surface area contributed by atoms with E-state index >= 15 is 0 Å². The number of halogens is 1. The van der Waals surface area contributed by atoms with Crippen LogP contribution in [0, 0.1) is 0 Å². The number of benzene rings is 2. The van der Waals surface area contributed by atoms with Crippen LogP contribution in [-0.2, 0) is 4.79 Å². The van der Waals surface area contributed by atoms with Gasteiger partial charge in [-0.3, -0.25) is 9.59 Å². The van der Waals surface area contributed by atoms with Gasteiger partial charge in [0.15, 0.2) is 0 Å². The van der Waals surface area contributed by atoms with E-state index in [-0.39, 0.29) is 24.3 Å². The molecule has 2 aromatic rings. The molecule has 3 rings (SSSR count). The Morgan fingerprint density at radius 1 is 1.15 bits per heavy atom. The van der Waals surface area contributed by atoms with Crippen LogP contribution in [0.1, 0.15) is 41.2 Å². The predicted octanol–water partition coefficient (Wildman–Crippen LogP) is 3.15. The molecule has 1 heterocycles. The van der Waals surface area contributed by atoms with Gasteiger partial charge in [-0.25, -0.2) is 0 Å². The van der Waals surface area contributed by atoms with Crippen molar-refractivity contribution in [2.24, 2.45) is 5.73 Å². The molecule has 0 spiro atoms. The smallest absolute Gasteiger partial charge is 0.253 e. The summed E-state index contributed by atoms with van der Waals surface area (Å²) in [7, 11) is 0. The van der Waals surface area contributed by atoms with Crippen molar-refractivity contribution in [3.05, 3.63) is 70.7 Å². The molecule has 1 aliphatic rings. The maximum Gasteiger partial charge on any atom is 0.253 e. The van der Waals surface area contributed by atoms with E-state index in [1.807, 2.05) is 35.2 Å². The van der Waals surface area contributed by atoms with Crippen LogP contribution in [0.3, 0.4) is 0 Å². The first kappa shape index (κ1) is 19.4. The maximum absolute atomic E-state index is 12.9. The number of hydrogen-bond acceptors (Lipinski definition) is 3. The third kappa shape index (κ3) is 4.67. The molecule has 5 nitrogen and oxygen atoms in total. The second kappa shape index (κ2) is 9.02. The average molecular weight is 386 g/mol. The van der Waals surface area contributed by atoms with Gasteiger partial charge in [-0.2, -0.15) is 0 Å². The lowest BCUT2D eigenvalue weighted by Crippen LogP contribution is -2.42. The van der Waals surface area contributed by atoms with Gasteiger partial charge in [-0.1, -0.05) is 54.1 Å². The minimum atomic E-state index is -0.429. The molecule has 2 unspecified atom stereocenters. The van der Waals surface area contributed by atoms with E-state index in [1.165, 1.54) is 0 Å².